The largest absolute Gasteiger partial charge is 0.450 e. The Kier molecular flexibility index (Phi) is 5.36. The number of ether oxygens (including phenoxy) is 1. The number of likely N-dealkylation sites (tertiary alicyclic amines) is 1. The van der Waals surface area contributed by atoms with E-state index in [0.29, 0.717) is 55.0 Å². The van der Waals surface area contributed by atoms with Crippen molar-refractivity contribution >= 4 is 28.6 Å². The fourth-order valence-electron chi connectivity index (χ4n) is 3.51. The summed E-state index contributed by atoms with van der Waals surface area (Å²) in [5, 5.41) is 0.961. The molecule has 1 aromatic carbocycles. The van der Waals surface area contributed by atoms with E-state index in [1.165, 1.54) is 4.57 Å². The van der Waals surface area contributed by atoms with Crippen LogP contribution in [0.3, 0.4) is 0 Å². The first-order valence-corrected chi connectivity index (χ1v) is 9.22. The lowest BCUT2D eigenvalue weighted by molar-refractivity contribution is 0.0919. The molecule has 140 valence electrons. The third-order valence-electron chi connectivity index (χ3n) is 4.81. The van der Waals surface area contributed by atoms with Crippen LogP contribution in [0.25, 0.3) is 10.9 Å². The summed E-state index contributed by atoms with van der Waals surface area (Å²) in [7, 11) is 0. The Morgan fingerprint density at radius 2 is 1.92 bits per heavy atom. The van der Waals surface area contributed by atoms with Crippen molar-refractivity contribution in [2.75, 3.05) is 19.7 Å². The molecule has 1 saturated heterocycles. The molecule has 8 heteroatoms. The van der Waals surface area contributed by atoms with Gasteiger partial charge in [0.1, 0.15) is 0 Å². The highest BCUT2D eigenvalue weighted by Crippen LogP contribution is 2.22. The molecule has 1 aliphatic rings. The van der Waals surface area contributed by atoms with Crippen LogP contribution in [-0.2, 0) is 11.3 Å². The average molecular weight is 380 g/mol. The smallest absolute Gasteiger partial charge is 0.409 e. The second-order valence-electron chi connectivity index (χ2n) is 6.28. The van der Waals surface area contributed by atoms with Gasteiger partial charge in [-0.05, 0) is 44.9 Å². The zero-order chi connectivity index (χ0) is 18.8. The Morgan fingerprint density at radius 1 is 1.23 bits per heavy atom. The van der Waals surface area contributed by atoms with Crippen LogP contribution in [-0.4, -0.2) is 39.8 Å². The molecule has 0 N–H and O–H groups in total. The van der Waals surface area contributed by atoms with Gasteiger partial charge in [-0.25, -0.2) is 9.59 Å². The van der Waals surface area contributed by atoms with Crippen molar-refractivity contribution in [1.82, 2.24) is 14.0 Å². The Bertz CT molecular complexity index is 942. The number of aromatic nitrogens is 2. The first kappa shape index (κ1) is 18.5. The van der Waals surface area contributed by atoms with Crippen molar-refractivity contribution in [3.63, 3.8) is 0 Å². The van der Waals surface area contributed by atoms with Crippen LogP contribution in [0.2, 0.25) is 5.02 Å². The van der Waals surface area contributed by atoms with Crippen LogP contribution in [0.4, 0.5) is 4.79 Å². The number of halogens is 1. The minimum Gasteiger partial charge on any atom is -0.450 e. The third-order valence-corrected chi connectivity index (χ3v) is 5.04. The summed E-state index contributed by atoms with van der Waals surface area (Å²) in [6, 6.07) is 4.73. The van der Waals surface area contributed by atoms with Crippen molar-refractivity contribution in [1.29, 1.82) is 0 Å². The summed E-state index contributed by atoms with van der Waals surface area (Å²) < 4.78 is 7.92. The lowest BCUT2D eigenvalue weighted by atomic mass is 10.0. The van der Waals surface area contributed by atoms with E-state index in [1.54, 1.807) is 34.6 Å². The minimum atomic E-state index is -0.350. The monoisotopic (exact) mass is 379 g/mol. The highest BCUT2D eigenvalue weighted by atomic mass is 35.5. The van der Waals surface area contributed by atoms with Gasteiger partial charge in [0, 0.05) is 30.7 Å². The average Bonchev–Trinajstić information content (AvgIpc) is 2.63. The fraction of sp³-hybridized carbons (Fsp3) is 0.500. The molecule has 1 aromatic heterocycles. The molecule has 0 spiro atoms. The molecule has 0 atom stereocenters. The van der Waals surface area contributed by atoms with E-state index in [1.807, 2.05) is 6.92 Å². The van der Waals surface area contributed by atoms with Gasteiger partial charge in [0.05, 0.1) is 17.5 Å². The van der Waals surface area contributed by atoms with Crippen LogP contribution in [0.5, 0.6) is 0 Å². The number of fused-ring (bicyclic) bond motifs is 1. The number of amides is 1. The summed E-state index contributed by atoms with van der Waals surface area (Å²) in [5.41, 5.74) is -0.0852. The van der Waals surface area contributed by atoms with Crippen LogP contribution < -0.4 is 11.2 Å². The topological polar surface area (TPSA) is 73.5 Å². The number of carbonyl (C=O) groups is 1. The molecular weight excluding hydrogens is 358 g/mol. The molecule has 0 saturated carbocycles. The maximum atomic E-state index is 12.9. The van der Waals surface area contributed by atoms with Crippen LogP contribution in [0.15, 0.2) is 27.8 Å². The minimum absolute atomic E-state index is 0.237. The number of rotatable bonds is 3. The summed E-state index contributed by atoms with van der Waals surface area (Å²) >= 11 is 6.04. The van der Waals surface area contributed by atoms with Gasteiger partial charge in [0.25, 0.3) is 5.56 Å². The van der Waals surface area contributed by atoms with Crippen LogP contribution in [0, 0.1) is 0 Å². The second kappa shape index (κ2) is 7.53. The molecule has 0 unspecified atom stereocenters. The number of benzene rings is 1. The highest BCUT2D eigenvalue weighted by molar-refractivity contribution is 6.31. The number of piperidine rings is 1. The fourth-order valence-corrected chi connectivity index (χ4v) is 3.67. The Hall–Kier alpha value is -2.28. The lowest BCUT2D eigenvalue weighted by Gasteiger charge is -2.32. The number of nitrogens with zero attached hydrogens (tertiary/aromatic N) is 3. The molecule has 2 heterocycles. The Morgan fingerprint density at radius 3 is 2.54 bits per heavy atom. The molecule has 1 fully saturated rings. The normalized spacial score (nSPS) is 15.4. The predicted octanol–water partition coefficient (Wildman–Crippen LogP) is 2.63. The molecule has 2 aromatic rings. The zero-order valence-corrected chi connectivity index (χ0v) is 15.7. The van der Waals surface area contributed by atoms with Crippen LogP contribution >= 0.6 is 11.6 Å². The molecule has 26 heavy (non-hydrogen) atoms. The molecular formula is C18H22ClN3O4. The van der Waals surface area contributed by atoms with E-state index in [2.05, 4.69) is 0 Å². The first-order valence-electron chi connectivity index (χ1n) is 8.84. The van der Waals surface area contributed by atoms with E-state index in [9.17, 15) is 14.4 Å². The number of aryl methyl sites for hydroxylation is 1. The van der Waals surface area contributed by atoms with Gasteiger partial charge < -0.3 is 9.64 Å². The number of hydrogen-bond acceptors (Lipinski definition) is 4. The first-order chi connectivity index (χ1) is 12.5. The number of hydrogen-bond donors (Lipinski definition) is 0. The van der Waals surface area contributed by atoms with Gasteiger partial charge in [0.2, 0.25) is 0 Å². The Labute approximate surface area is 155 Å². The van der Waals surface area contributed by atoms with Crippen molar-refractivity contribution in [2.24, 2.45) is 0 Å². The summed E-state index contributed by atoms with van der Waals surface area (Å²) in [5.74, 6) is 0. The van der Waals surface area contributed by atoms with Crippen molar-refractivity contribution in [3.8, 4) is 0 Å². The maximum absolute atomic E-state index is 12.9. The van der Waals surface area contributed by atoms with Gasteiger partial charge in [-0.1, -0.05) is 11.6 Å². The molecule has 1 aliphatic heterocycles. The standard InChI is InChI=1S/C18H22ClN3O4/c1-3-21-15-11-12(19)5-6-14(15)16(23)22(17(21)24)13-7-9-20(10-8-13)18(25)26-4-2/h5-6,11,13H,3-4,7-10H2,1-2H3. The molecule has 0 bridgehead atoms. The SMILES string of the molecule is CCOC(=O)N1CCC(n2c(=O)c3ccc(Cl)cc3n(CC)c2=O)CC1. The van der Waals surface area contributed by atoms with Gasteiger partial charge in [-0.2, -0.15) is 0 Å². The summed E-state index contributed by atoms with van der Waals surface area (Å²) in [6.07, 6.45) is 0.727. The third kappa shape index (κ3) is 3.23. The van der Waals surface area contributed by atoms with Gasteiger partial charge in [-0.3, -0.25) is 13.9 Å². The second-order valence-corrected chi connectivity index (χ2v) is 6.72. The van der Waals surface area contributed by atoms with Crippen molar-refractivity contribution in [2.45, 2.75) is 39.3 Å². The summed E-state index contributed by atoms with van der Waals surface area (Å²) in [6.45, 7) is 5.31. The van der Waals surface area contributed by atoms with Gasteiger partial charge in [0.15, 0.2) is 0 Å². The van der Waals surface area contributed by atoms with Crippen LogP contribution in [0.1, 0.15) is 32.7 Å². The highest BCUT2D eigenvalue weighted by Gasteiger charge is 2.27. The summed E-state index contributed by atoms with van der Waals surface area (Å²) in [4.78, 5) is 39.3. The predicted molar refractivity (Wildman–Crippen MR) is 100 cm³/mol. The van der Waals surface area contributed by atoms with E-state index in [4.69, 9.17) is 16.3 Å². The van der Waals surface area contributed by atoms with E-state index in [0.717, 1.165) is 0 Å². The zero-order valence-electron chi connectivity index (χ0n) is 14.9. The van der Waals surface area contributed by atoms with E-state index in [-0.39, 0.29) is 23.4 Å². The van der Waals surface area contributed by atoms with Gasteiger partial charge in [-0.15, -0.1) is 0 Å². The Balaban J connectivity index is 1.99. The molecule has 7 nitrogen and oxygen atoms in total. The molecule has 0 radical (unpaired) electrons. The van der Waals surface area contributed by atoms with Crippen molar-refractivity contribution in [3.05, 3.63) is 44.1 Å². The molecule has 1 amide bonds. The maximum Gasteiger partial charge on any atom is 0.409 e. The van der Waals surface area contributed by atoms with Crippen molar-refractivity contribution < 1.29 is 9.53 Å². The number of carbonyl (C=O) groups excluding carboxylic acids is 1. The lowest BCUT2D eigenvalue weighted by Crippen LogP contribution is -2.47. The van der Waals surface area contributed by atoms with E-state index < -0.39 is 0 Å². The van der Waals surface area contributed by atoms with Gasteiger partial charge >= 0.3 is 11.8 Å². The quantitative estimate of drug-likeness (QED) is 0.821. The molecule has 3 rings (SSSR count). The molecule has 0 aliphatic carbocycles. The van der Waals surface area contributed by atoms with E-state index >= 15 is 0 Å².